The van der Waals surface area contributed by atoms with Gasteiger partial charge in [-0.05, 0) is 29.3 Å². The summed E-state index contributed by atoms with van der Waals surface area (Å²) in [5.41, 5.74) is 2.65. The minimum Gasteiger partial charge on any atom is -0.496 e. The molecule has 4 nitrogen and oxygen atoms in total. The number of para-hydroxylation sites is 1. The Labute approximate surface area is 184 Å². The van der Waals surface area contributed by atoms with Gasteiger partial charge < -0.3 is 4.74 Å². The Bertz CT molecular complexity index is 1140. The average molecular weight is 434 g/mol. The number of methoxy groups -OCH3 is 1. The Kier molecular flexibility index (Phi) is 6.18. The highest BCUT2D eigenvalue weighted by molar-refractivity contribution is 8.03. The van der Waals surface area contributed by atoms with Crippen molar-refractivity contribution in [2.45, 2.75) is 12.3 Å². The van der Waals surface area contributed by atoms with E-state index < -0.39 is 0 Å². The highest BCUT2D eigenvalue weighted by Crippen LogP contribution is 2.40. The van der Waals surface area contributed by atoms with E-state index in [1.54, 1.807) is 24.3 Å². The second-order valence-electron chi connectivity index (χ2n) is 7.00. The Balaban J connectivity index is 1.70. The second-order valence-corrected chi connectivity index (χ2v) is 7.99. The molecular formula is C25H20FNO3S. The fraction of sp³-hybridized carbons (Fsp3) is 0.120. The summed E-state index contributed by atoms with van der Waals surface area (Å²) in [6.45, 7) is 0.0754. The minimum atomic E-state index is -0.380. The molecule has 0 unspecified atom stereocenters. The topological polar surface area (TPSA) is 46.6 Å². The molecule has 0 aromatic heterocycles. The van der Waals surface area contributed by atoms with Crippen LogP contribution in [-0.2, 0) is 21.9 Å². The Morgan fingerprint density at radius 3 is 2.23 bits per heavy atom. The number of imide groups is 1. The number of amides is 2. The zero-order chi connectivity index (χ0) is 21.8. The van der Waals surface area contributed by atoms with Gasteiger partial charge >= 0.3 is 0 Å². The molecule has 156 valence electrons. The van der Waals surface area contributed by atoms with Crippen molar-refractivity contribution >= 4 is 29.1 Å². The molecule has 0 fully saturated rings. The summed E-state index contributed by atoms with van der Waals surface area (Å²) in [5, 5.41) is 0. The average Bonchev–Trinajstić information content (AvgIpc) is 3.03. The van der Waals surface area contributed by atoms with E-state index in [0.717, 1.165) is 5.56 Å². The predicted molar refractivity (Wildman–Crippen MR) is 120 cm³/mol. The van der Waals surface area contributed by atoms with E-state index in [1.807, 2.05) is 42.5 Å². The molecule has 0 saturated heterocycles. The van der Waals surface area contributed by atoms with E-state index in [4.69, 9.17) is 4.74 Å². The summed E-state index contributed by atoms with van der Waals surface area (Å²) in [5.74, 6) is -0.0153. The number of carbonyl (C=O) groups excluding carboxylic acids is 2. The molecule has 0 atom stereocenters. The fourth-order valence-electron chi connectivity index (χ4n) is 3.42. The van der Waals surface area contributed by atoms with Gasteiger partial charge in [0.15, 0.2) is 0 Å². The first-order chi connectivity index (χ1) is 15.1. The summed E-state index contributed by atoms with van der Waals surface area (Å²) in [7, 11) is 1.54. The first-order valence-corrected chi connectivity index (χ1v) is 10.7. The molecule has 0 aliphatic carbocycles. The number of nitrogens with zero attached hydrogens (tertiary/aromatic N) is 1. The summed E-state index contributed by atoms with van der Waals surface area (Å²) < 4.78 is 18.7. The lowest BCUT2D eigenvalue weighted by Crippen LogP contribution is -2.31. The lowest BCUT2D eigenvalue weighted by atomic mass is 10.0. The van der Waals surface area contributed by atoms with Crippen LogP contribution in [0.15, 0.2) is 83.8 Å². The standard InChI is InChI=1S/C25H20FNO3S/c1-30-21-10-6-5-9-20(21)22-23(31-16-18-7-3-2-4-8-18)25(29)27(24(22)28)15-17-11-13-19(26)14-12-17/h2-14H,15-16H2,1H3. The van der Waals surface area contributed by atoms with Crippen LogP contribution >= 0.6 is 11.8 Å². The normalized spacial score (nSPS) is 13.8. The summed E-state index contributed by atoms with van der Waals surface area (Å²) in [4.78, 5) is 28.3. The van der Waals surface area contributed by atoms with Gasteiger partial charge in [0.1, 0.15) is 11.6 Å². The molecule has 0 N–H and O–H groups in total. The molecule has 1 heterocycles. The van der Waals surface area contributed by atoms with Crippen LogP contribution in [0.2, 0.25) is 0 Å². The highest BCUT2D eigenvalue weighted by atomic mass is 32.2. The van der Waals surface area contributed by atoms with Gasteiger partial charge in [0.2, 0.25) is 0 Å². The van der Waals surface area contributed by atoms with Crippen molar-refractivity contribution in [2.24, 2.45) is 0 Å². The van der Waals surface area contributed by atoms with Crippen molar-refractivity contribution in [2.75, 3.05) is 7.11 Å². The monoisotopic (exact) mass is 433 g/mol. The summed E-state index contributed by atoms with van der Waals surface area (Å²) >= 11 is 1.34. The molecule has 2 amide bonds. The number of halogens is 1. The molecular weight excluding hydrogens is 413 g/mol. The Morgan fingerprint density at radius 2 is 1.52 bits per heavy atom. The molecule has 1 aliphatic rings. The molecule has 1 aliphatic heterocycles. The highest BCUT2D eigenvalue weighted by Gasteiger charge is 2.40. The van der Waals surface area contributed by atoms with Gasteiger partial charge in [-0.15, -0.1) is 11.8 Å². The quantitative estimate of drug-likeness (QED) is 0.490. The first-order valence-electron chi connectivity index (χ1n) is 9.73. The largest absolute Gasteiger partial charge is 0.496 e. The fourth-order valence-corrected chi connectivity index (χ4v) is 4.50. The van der Waals surface area contributed by atoms with Gasteiger partial charge in [-0.25, -0.2) is 4.39 Å². The van der Waals surface area contributed by atoms with E-state index in [9.17, 15) is 14.0 Å². The van der Waals surface area contributed by atoms with Crippen LogP contribution in [0.5, 0.6) is 5.75 Å². The smallest absolute Gasteiger partial charge is 0.268 e. The van der Waals surface area contributed by atoms with Crippen molar-refractivity contribution in [3.8, 4) is 5.75 Å². The predicted octanol–water partition coefficient (Wildman–Crippen LogP) is 5.05. The van der Waals surface area contributed by atoms with E-state index in [-0.39, 0.29) is 24.2 Å². The number of benzene rings is 3. The number of carbonyl (C=O) groups is 2. The third kappa shape index (κ3) is 4.39. The molecule has 0 radical (unpaired) electrons. The number of rotatable bonds is 7. The van der Waals surface area contributed by atoms with Gasteiger partial charge in [0.25, 0.3) is 11.8 Å². The van der Waals surface area contributed by atoms with Crippen molar-refractivity contribution in [1.29, 1.82) is 0 Å². The maximum atomic E-state index is 13.4. The minimum absolute atomic E-state index is 0.0754. The van der Waals surface area contributed by atoms with Gasteiger partial charge in [0, 0.05) is 11.3 Å². The van der Waals surface area contributed by atoms with Crippen LogP contribution in [-0.4, -0.2) is 23.8 Å². The molecule has 0 spiro atoms. The Morgan fingerprint density at radius 1 is 0.839 bits per heavy atom. The second kappa shape index (κ2) is 9.18. The third-order valence-electron chi connectivity index (χ3n) is 4.98. The van der Waals surface area contributed by atoms with Crippen LogP contribution in [0, 0.1) is 5.82 Å². The van der Waals surface area contributed by atoms with E-state index in [0.29, 0.717) is 33.1 Å². The number of hydrogen-bond donors (Lipinski definition) is 0. The van der Waals surface area contributed by atoms with Crippen molar-refractivity contribution in [1.82, 2.24) is 4.90 Å². The zero-order valence-electron chi connectivity index (χ0n) is 16.9. The molecule has 3 aromatic carbocycles. The molecule has 0 saturated carbocycles. The molecule has 6 heteroatoms. The van der Waals surface area contributed by atoms with Gasteiger partial charge in [0.05, 0.1) is 24.1 Å². The van der Waals surface area contributed by atoms with Crippen molar-refractivity contribution in [3.05, 3.63) is 106 Å². The van der Waals surface area contributed by atoms with E-state index in [1.165, 1.54) is 35.9 Å². The third-order valence-corrected chi connectivity index (χ3v) is 6.13. The molecule has 4 rings (SSSR count). The lowest BCUT2D eigenvalue weighted by Gasteiger charge is -2.15. The van der Waals surface area contributed by atoms with Crippen LogP contribution in [0.4, 0.5) is 4.39 Å². The number of hydrogen-bond acceptors (Lipinski definition) is 4. The molecule has 0 bridgehead atoms. The SMILES string of the molecule is COc1ccccc1C1=C(SCc2ccccc2)C(=O)N(Cc2ccc(F)cc2)C1=O. The van der Waals surface area contributed by atoms with Crippen LogP contribution < -0.4 is 4.74 Å². The zero-order valence-corrected chi connectivity index (χ0v) is 17.7. The van der Waals surface area contributed by atoms with Crippen molar-refractivity contribution < 1.29 is 18.7 Å². The van der Waals surface area contributed by atoms with Crippen LogP contribution in [0.3, 0.4) is 0 Å². The maximum absolute atomic E-state index is 13.4. The van der Waals surface area contributed by atoms with Crippen LogP contribution in [0.25, 0.3) is 5.57 Å². The molecule has 3 aromatic rings. The summed E-state index contributed by atoms with van der Waals surface area (Å²) in [6.07, 6.45) is 0. The van der Waals surface area contributed by atoms with E-state index >= 15 is 0 Å². The first kappa shape index (κ1) is 20.9. The lowest BCUT2D eigenvalue weighted by molar-refractivity contribution is -0.137. The van der Waals surface area contributed by atoms with E-state index in [2.05, 4.69) is 0 Å². The van der Waals surface area contributed by atoms with Gasteiger partial charge in [-0.2, -0.15) is 0 Å². The van der Waals surface area contributed by atoms with Gasteiger partial charge in [-0.3, -0.25) is 14.5 Å². The Hall–Kier alpha value is -3.38. The maximum Gasteiger partial charge on any atom is 0.268 e. The van der Waals surface area contributed by atoms with Gasteiger partial charge in [-0.1, -0.05) is 60.7 Å². The number of ether oxygens (including phenoxy) is 1. The number of thioether (sulfide) groups is 1. The van der Waals surface area contributed by atoms with Crippen molar-refractivity contribution in [3.63, 3.8) is 0 Å². The van der Waals surface area contributed by atoms with Crippen LogP contribution in [0.1, 0.15) is 16.7 Å². The summed E-state index contributed by atoms with van der Waals surface area (Å²) in [6, 6.07) is 22.7. The molecule has 31 heavy (non-hydrogen) atoms.